The van der Waals surface area contributed by atoms with Gasteiger partial charge in [-0.2, -0.15) is 13.2 Å². The molecule has 0 fully saturated rings. The van der Waals surface area contributed by atoms with Crippen LogP contribution in [0.25, 0.3) is 0 Å². The van der Waals surface area contributed by atoms with E-state index in [1.807, 2.05) is 13.8 Å². The lowest BCUT2D eigenvalue weighted by Gasteiger charge is -2.10. The van der Waals surface area contributed by atoms with E-state index in [-0.39, 0.29) is 16.5 Å². The van der Waals surface area contributed by atoms with Gasteiger partial charge in [0.1, 0.15) is 0 Å². The SMILES string of the molecule is CC(C)c1cc(Cl)c(CC(F)(F)F)cn1. The van der Waals surface area contributed by atoms with Gasteiger partial charge in [-0.3, -0.25) is 4.98 Å². The molecule has 0 amide bonds. The number of pyridine rings is 1. The first-order valence-electron chi connectivity index (χ1n) is 4.50. The van der Waals surface area contributed by atoms with Gasteiger partial charge in [0.05, 0.1) is 6.42 Å². The molecule has 0 aliphatic rings. The van der Waals surface area contributed by atoms with Crippen LogP contribution in [0.15, 0.2) is 12.3 Å². The summed E-state index contributed by atoms with van der Waals surface area (Å²) in [5.41, 5.74) is 0.722. The third-order valence-corrected chi connectivity index (χ3v) is 2.29. The van der Waals surface area contributed by atoms with Crippen LogP contribution >= 0.6 is 11.6 Å². The lowest BCUT2D eigenvalue weighted by atomic mass is 10.1. The Bertz CT molecular complexity index is 347. The summed E-state index contributed by atoms with van der Waals surface area (Å²) in [5, 5.41) is 0.131. The maximum absolute atomic E-state index is 12.1. The van der Waals surface area contributed by atoms with E-state index in [0.717, 1.165) is 0 Å². The van der Waals surface area contributed by atoms with E-state index < -0.39 is 12.6 Å². The quantitative estimate of drug-likeness (QED) is 0.759. The van der Waals surface area contributed by atoms with Gasteiger partial charge >= 0.3 is 6.18 Å². The van der Waals surface area contributed by atoms with Crippen molar-refractivity contribution in [2.45, 2.75) is 32.4 Å². The van der Waals surface area contributed by atoms with Gasteiger partial charge in [-0.05, 0) is 17.5 Å². The van der Waals surface area contributed by atoms with Crippen molar-refractivity contribution in [2.24, 2.45) is 0 Å². The number of rotatable bonds is 2. The Kier molecular flexibility index (Phi) is 3.60. The number of halogens is 4. The van der Waals surface area contributed by atoms with E-state index in [1.165, 1.54) is 12.3 Å². The second-order valence-electron chi connectivity index (χ2n) is 3.65. The molecule has 5 heteroatoms. The van der Waals surface area contributed by atoms with Crippen LogP contribution in [0.5, 0.6) is 0 Å². The molecule has 1 aromatic heterocycles. The fourth-order valence-corrected chi connectivity index (χ4v) is 1.36. The van der Waals surface area contributed by atoms with Crippen LogP contribution in [0.1, 0.15) is 31.0 Å². The maximum atomic E-state index is 12.1. The largest absolute Gasteiger partial charge is 0.393 e. The van der Waals surface area contributed by atoms with Gasteiger partial charge in [0, 0.05) is 16.9 Å². The molecule has 1 nitrogen and oxygen atoms in total. The minimum absolute atomic E-state index is 0.0218. The molecule has 0 atom stereocenters. The summed E-state index contributed by atoms with van der Waals surface area (Å²) in [6, 6.07) is 1.49. The van der Waals surface area contributed by atoms with E-state index >= 15 is 0 Å². The lowest BCUT2D eigenvalue weighted by Crippen LogP contribution is -2.12. The highest BCUT2D eigenvalue weighted by Gasteiger charge is 2.29. The smallest absolute Gasteiger partial charge is 0.261 e. The number of nitrogens with zero attached hydrogens (tertiary/aromatic N) is 1. The van der Waals surface area contributed by atoms with Crippen molar-refractivity contribution in [3.8, 4) is 0 Å². The van der Waals surface area contributed by atoms with E-state index in [9.17, 15) is 13.2 Å². The monoisotopic (exact) mass is 237 g/mol. The molecule has 0 aliphatic carbocycles. The van der Waals surface area contributed by atoms with E-state index in [1.54, 1.807) is 0 Å². The van der Waals surface area contributed by atoms with Gasteiger partial charge in [0.25, 0.3) is 0 Å². The Morgan fingerprint density at radius 3 is 2.40 bits per heavy atom. The van der Waals surface area contributed by atoms with Crippen molar-refractivity contribution in [3.63, 3.8) is 0 Å². The van der Waals surface area contributed by atoms with Crippen LogP contribution in [0.3, 0.4) is 0 Å². The Morgan fingerprint density at radius 1 is 1.40 bits per heavy atom. The fraction of sp³-hybridized carbons (Fsp3) is 0.500. The lowest BCUT2D eigenvalue weighted by molar-refractivity contribution is -0.127. The molecular formula is C10H11ClF3N. The molecule has 15 heavy (non-hydrogen) atoms. The summed E-state index contributed by atoms with van der Waals surface area (Å²) < 4.78 is 36.3. The number of hydrogen-bond acceptors (Lipinski definition) is 1. The zero-order valence-corrected chi connectivity index (χ0v) is 9.15. The summed E-state index contributed by atoms with van der Waals surface area (Å²) in [6.07, 6.45) is -4.08. The summed E-state index contributed by atoms with van der Waals surface area (Å²) in [4.78, 5) is 3.94. The van der Waals surface area contributed by atoms with Gasteiger partial charge < -0.3 is 0 Å². The van der Waals surface area contributed by atoms with Crippen LogP contribution in [0.4, 0.5) is 13.2 Å². The van der Waals surface area contributed by atoms with Crippen molar-refractivity contribution in [1.82, 2.24) is 4.98 Å². The highest BCUT2D eigenvalue weighted by molar-refractivity contribution is 6.31. The molecule has 0 spiro atoms. The van der Waals surface area contributed by atoms with E-state index in [4.69, 9.17) is 11.6 Å². The van der Waals surface area contributed by atoms with Gasteiger partial charge in [0.15, 0.2) is 0 Å². The summed E-state index contributed by atoms with van der Waals surface area (Å²) in [5.74, 6) is 0.155. The molecule has 0 aliphatic heterocycles. The summed E-state index contributed by atoms with van der Waals surface area (Å²) in [6.45, 7) is 3.81. The predicted molar refractivity (Wildman–Crippen MR) is 53.1 cm³/mol. The molecular weight excluding hydrogens is 227 g/mol. The van der Waals surface area contributed by atoms with E-state index in [2.05, 4.69) is 4.98 Å². The Labute approximate surface area is 91.3 Å². The third-order valence-electron chi connectivity index (χ3n) is 1.93. The topological polar surface area (TPSA) is 12.9 Å². The van der Waals surface area contributed by atoms with Crippen molar-refractivity contribution >= 4 is 11.6 Å². The average Bonchev–Trinajstić information content (AvgIpc) is 2.05. The fourth-order valence-electron chi connectivity index (χ4n) is 1.14. The first-order valence-corrected chi connectivity index (χ1v) is 4.88. The Morgan fingerprint density at radius 2 is 2.00 bits per heavy atom. The van der Waals surface area contributed by atoms with Crippen LogP contribution in [-0.4, -0.2) is 11.2 Å². The molecule has 1 aromatic rings. The molecule has 1 rings (SSSR count). The molecule has 0 radical (unpaired) electrons. The predicted octanol–water partition coefficient (Wildman–Crippen LogP) is 3.96. The normalized spacial score (nSPS) is 12.2. The molecule has 0 bridgehead atoms. The van der Waals surface area contributed by atoms with Crippen molar-refractivity contribution in [3.05, 3.63) is 28.5 Å². The molecule has 84 valence electrons. The second-order valence-corrected chi connectivity index (χ2v) is 4.05. The highest BCUT2D eigenvalue weighted by Crippen LogP contribution is 2.27. The number of alkyl halides is 3. The van der Waals surface area contributed by atoms with Gasteiger partial charge in [-0.25, -0.2) is 0 Å². The third kappa shape index (κ3) is 3.70. The Hall–Kier alpha value is -0.770. The standard InChI is InChI=1S/C10H11ClF3N/c1-6(2)9-3-8(11)7(5-15-9)4-10(12,13)14/h3,5-6H,4H2,1-2H3. The van der Waals surface area contributed by atoms with Gasteiger partial charge in [-0.1, -0.05) is 25.4 Å². The van der Waals surface area contributed by atoms with Crippen LogP contribution in [-0.2, 0) is 6.42 Å². The zero-order chi connectivity index (χ0) is 11.6. The second kappa shape index (κ2) is 4.39. The van der Waals surface area contributed by atoms with Crippen molar-refractivity contribution in [2.75, 3.05) is 0 Å². The zero-order valence-electron chi connectivity index (χ0n) is 8.40. The summed E-state index contributed by atoms with van der Waals surface area (Å²) >= 11 is 5.74. The van der Waals surface area contributed by atoms with Gasteiger partial charge in [0.2, 0.25) is 0 Å². The molecule has 0 saturated heterocycles. The molecule has 0 saturated carbocycles. The molecule has 0 aromatic carbocycles. The van der Waals surface area contributed by atoms with Crippen LogP contribution < -0.4 is 0 Å². The molecule has 1 heterocycles. The maximum Gasteiger partial charge on any atom is 0.393 e. The minimum atomic E-state index is -4.25. The first-order chi connectivity index (χ1) is 6.79. The van der Waals surface area contributed by atoms with Crippen LogP contribution in [0, 0.1) is 0 Å². The number of aromatic nitrogens is 1. The Balaban J connectivity index is 2.94. The van der Waals surface area contributed by atoms with E-state index in [0.29, 0.717) is 5.69 Å². The van der Waals surface area contributed by atoms with Crippen molar-refractivity contribution in [1.29, 1.82) is 0 Å². The van der Waals surface area contributed by atoms with Crippen molar-refractivity contribution < 1.29 is 13.2 Å². The molecule has 0 unspecified atom stereocenters. The average molecular weight is 238 g/mol. The summed E-state index contributed by atoms with van der Waals surface area (Å²) in [7, 11) is 0. The minimum Gasteiger partial charge on any atom is -0.261 e. The van der Waals surface area contributed by atoms with Gasteiger partial charge in [-0.15, -0.1) is 0 Å². The first kappa shape index (κ1) is 12.3. The van der Waals surface area contributed by atoms with Crippen LogP contribution in [0.2, 0.25) is 5.02 Å². The molecule has 0 N–H and O–H groups in total. The number of hydrogen-bond donors (Lipinski definition) is 0. The highest BCUT2D eigenvalue weighted by atomic mass is 35.5.